The van der Waals surface area contributed by atoms with Crippen molar-refractivity contribution in [3.63, 3.8) is 0 Å². The molecule has 0 unspecified atom stereocenters. The van der Waals surface area contributed by atoms with Gasteiger partial charge >= 0.3 is 5.97 Å². The van der Waals surface area contributed by atoms with E-state index in [1.807, 2.05) is 42.5 Å². The number of rotatable bonds is 5. The Balaban J connectivity index is 1.57. The molecule has 1 N–H and O–H groups in total. The summed E-state index contributed by atoms with van der Waals surface area (Å²) in [7, 11) is 0. The second kappa shape index (κ2) is 7.81. The fourth-order valence-corrected chi connectivity index (χ4v) is 2.73. The van der Waals surface area contributed by atoms with Crippen molar-refractivity contribution in [2.45, 2.75) is 6.42 Å². The summed E-state index contributed by atoms with van der Waals surface area (Å²) in [4.78, 5) is 23.9. The van der Waals surface area contributed by atoms with Crippen LogP contribution in [0.4, 0.5) is 5.69 Å². The minimum absolute atomic E-state index is 0.112. The van der Waals surface area contributed by atoms with Crippen LogP contribution in [-0.4, -0.2) is 18.5 Å². The number of carbonyl (C=O) groups is 2. The molecule has 0 saturated carbocycles. The normalized spacial score (nSPS) is 10.4. The van der Waals surface area contributed by atoms with E-state index in [-0.39, 0.29) is 13.0 Å². The maximum Gasteiger partial charge on any atom is 0.310 e. The van der Waals surface area contributed by atoms with Crippen molar-refractivity contribution in [3.8, 4) is 0 Å². The molecule has 3 aromatic carbocycles. The number of halogens is 1. The molecule has 1 amide bonds. The molecule has 126 valence electrons. The molecule has 0 heterocycles. The molecule has 0 aliphatic heterocycles. The molecular formula is C20H16ClNO3. The average Bonchev–Trinajstić information content (AvgIpc) is 2.62. The van der Waals surface area contributed by atoms with Gasteiger partial charge in [-0.25, -0.2) is 0 Å². The lowest BCUT2D eigenvalue weighted by molar-refractivity contribution is -0.146. The van der Waals surface area contributed by atoms with Gasteiger partial charge in [0, 0.05) is 0 Å². The van der Waals surface area contributed by atoms with E-state index in [1.165, 1.54) is 0 Å². The molecule has 3 aromatic rings. The number of nitrogens with one attached hydrogen (secondary N) is 1. The van der Waals surface area contributed by atoms with E-state index in [0.29, 0.717) is 10.7 Å². The average molecular weight is 354 g/mol. The topological polar surface area (TPSA) is 55.4 Å². The third-order valence-electron chi connectivity index (χ3n) is 3.73. The van der Waals surface area contributed by atoms with Gasteiger partial charge in [0.15, 0.2) is 6.61 Å². The lowest BCUT2D eigenvalue weighted by Crippen LogP contribution is -2.21. The molecule has 0 saturated heterocycles. The summed E-state index contributed by atoms with van der Waals surface area (Å²) in [6.45, 7) is -0.352. The van der Waals surface area contributed by atoms with Crippen molar-refractivity contribution in [1.29, 1.82) is 0 Å². The van der Waals surface area contributed by atoms with Gasteiger partial charge in [0.05, 0.1) is 17.1 Å². The zero-order chi connectivity index (χ0) is 17.6. The number of hydrogen-bond donors (Lipinski definition) is 1. The Kier molecular flexibility index (Phi) is 5.31. The number of benzene rings is 3. The maximum absolute atomic E-state index is 12.1. The minimum atomic E-state index is -0.453. The second-order valence-corrected chi connectivity index (χ2v) is 5.91. The highest BCUT2D eigenvalue weighted by Gasteiger charge is 2.11. The van der Waals surface area contributed by atoms with Gasteiger partial charge in [-0.3, -0.25) is 9.59 Å². The molecule has 0 bridgehead atoms. The van der Waals surface area contributed by atoms with Crippen LogP contribution in [0.3, 0.4) is 0 Å². The number of fused-ring (bicyclic) bond motifs is 1. The van der Waals surface area contributed by atoms with Gasteiger partial charge < -0.3 is 10.1 Å². The molecule has 3 rings (SSSR count). The van der Waals surface area contributed by atoms with Crippen LogP contribution < -0.4 is 5.32 Å². The van der Waals surface area contributed by atoms with Crippen molar-refractivity contribution in [2.24, 2.45) is 0 Å². The predicted octanol–water partition coefficient (Wildman–Crippen LogP) is 4.22. The highest BCUT2D eigenvalue weighted by atomic mass is 35.5. The number of anilines is 1. The minimum Gasteiger partial charge on any atom is -0.455 e. The first kappa shape index (κ1) is 17.0. The van der Waals surface area contributed by atoms with Crippen molar-refractivity contribution in [2.75, 3.05) is 11.9 Å². The first-order valence-corrected chi connectivity index (χ1v) is 8.18. The van der Waals surface area contributed by atoms with E-state index >= 15 is 0 Å². The Hall–Kier alpha value is -2.85. The van der Waals surface area contributed by atoms with Crippen LogP contribution >= 0.6 is 11.6 Å². The largest absolute Gasteiger partial charge is 0.455 e. The summed E-state index contributed by atoms with van der Waals surface area (Å²) in [5.74, 6) is -0.884. The number of hydrogen-bond acceptors (Lipinski definition) is 3. The number of esters is 1. The Morgan fingerprint density at radius 2 is 1.64 bits per heavy atom. The fraction of sp³-hybridized carbons (Fsp3) is 0.100. The first-order valence-electron chi connectivity index (χ1n) is 7.80. The molecule has 0 atom stereocenters. The highest BCUT2D eigenvalue weighted by molar-refractivity contribution is 6.33. The number of carbonyl (C=O) groups excluding carboxylic acids is 2. The molecular weight excluding hydrogens is 338 g/mol. The Morgan fingerprint density at radius 3 is 2.48 bits per heavy atom. The number of amides is 1. The standard InChI is InChI=1S/C20H16ClNO3/c21-17-10-3-4-11-18(17)22-19(23)13-25-20(24)12-15-8-5-7-14-6-1-2-9-16(14)15/h1-11H,12-13H2,(H,22,23). The summed E-state index contributed by atoms with van der Waals surface area (Å²) >= 11 is 5.97. The molecule has 0 aromatic heterocycles. The quantitative estimate of drug-likeness (QED) is 0.699. The lowest BCUT2D eigenvalue weighted by Gasteiger charge is -2.09. The second-order valence-electron chi connectivity index (χ2n) is 5.50. The molecule has 0 spiro atoms. The lowest BCUT2D eigenvalue weighted by atomic mass is 10.0. The molecule has 4 nitrogen and oxygen atoms in total. The summed E-state index contributed by atoms with van der Waals surface area (Å²) in [5, 5.41) is 5.10. The van der Waals surface area contributed by atoms with Gasteiger partial charge in [-0.1, -0.05) is 66.2 Å². The van der Waals surface area contributed by atoms with Crippen LogP contribution in [0.25, 0.3) is 10.8 Å². The van der Waals surface area contributed by atoms with Gasteiger partial charge in [0.25, 0.3) is 5.91 Å². The Morgan fingerprint density at radius 1 is 0.920 bits per heavy atom. The summed E-state index contributed by atoms with van der Waals surface area (Å²) < 4.78 is 5.07. The zero-order valence-corrected chi connectivity index (χ0v) is 14.1. The van der Waals surface area contributed by atoms with E-state index in [9.17, 15) is 9.59 Å². The highest BCUT2D eigenvalue weighted by Crippen LogP contribution is 2.21. The zero-order valence-electron chi connectivity index (χ0n) is 13.4. The maximum atomic E-state index is 12.1. The molecule has 0 aliphatic carbocycles. The Labute approximate surface area is 150 Å². The van der Waals surface area contributed by atoms with Crippen LogP contribution in [0.5, 0.6) is 0 Å². The number of ether oxygens (including phenoxy) is 1. The molecule has 5 heteroatoms. The first-order chi connectivity index (χ1) is 12.1. The van der Waals surface area contributed by atoms with Crippen LogP contribution in [0.1, 0.15) is 5.56 Å². The summed E-state index contributed by atoms with van der Waals surface area (Å²) in [6.07, 6.45) is 0.112. The van der Waals surface area contributed by atoms with Gasteiger partial charge in [-0.15, -0.1) is 0 Å². The van der Waals surface area contributed by atoms with Gasteiger partial charge in [-0.2, -0.15) is 0 Å². The third-order valence-corrected chi connectivity index (χ3v) is 4.06. The SMILES string of the molecule is O=C(COC(=O)Cc1cccc2ccccc12)Nc1ccccc1Cl. The van der Waals surface area contributed by atoms with E-state index in [2.05, 4.69) is 5.32 Å². The Bertz CT molecular complexity index is 918. The van der Waals surface area contributed by atoms with Crippen LogP contribution in [-0.2, 0) is 20.7 Å². The fourth-order valence-electron chi connectivity index (χ4n) is 2.55. The predicted molar refractivity (Wildman–Crippen MR) is 98.7 cm³/mol. The van der Waals surface area contributed by atoms with Crippen molar-refractivity contribution in [3.05, 3.63) is 77.3 Å². The van der Waals surface area contributed by atoms with E-state index in [0.717, 1.165) is 16.3 Å². The molecule has 0 aliphatic rings. The number of para-hydroxylation sites is 1. The van der Waals surface area contributed by atoms with E-state index in [1.54, 1.807) is 24.3 Å². The van der Waals surface area contributed by atoms with Crippen molar-refractivity contribution >= 4 is 39.9 Å². The van der Waals surface area contributed by atoms with E-state index in [4.69, 9.17) is 16.3 Å². The van der Waals surface area contributed by atoms with Crippen molar-refractivity contribution in [1.82, 2.24) is 0 Å². The van der Waals surface area contributed by atoms with Gasteiger partial charge in [0.2, 0.25) is 0 Å². The smallest absolute Gasteiger partial charge is 0.310 e. The van der Waals surface area contributed by atoms with Crippen LogP contribution in [0.2, 0.25) is 5.02 Å². The summed E-state index contributed by atoms with van der Waals surface area (Å²) in [5.41, 5.74) is 1.36. The van der Waals surface area contributed by atoms with Crippen LogP contribution in [0, 0.1) is 0 Å². The van der Waals surface area contributed by atoms with Gasteiger partial charge in [-0.05, 0) is 28.5 Å². The monoisotopic (exact) mass is 353 g/mol. The van der Waals surface area contributed by atoms with Crippen molar-refractivity contribution < 1.29 is 14.3 Å². The van der Waals surface area contributed by atoms with E-state index < -0.39 is 11.9 Å². The molecule has 0 radical (unpaired) electrons. The van der Waals surface area contributed by atoms with Crippen LogP contribution in [0.15, 0.2) is 66.7 Å². The van der Waals surface area contributed by atoms with Gasteiger partial charge in [0.1, 0.15) is 0 Å². The third kappa shape index (κ3) is 4.37. The molecule has 25 heavy (non-hydrogen) atoms. The molecule has 0 fully saturated rings. The summed E-state index contributed by atoms with van der Waals surface area (Å²) in [6, 6.07) is 20.5.